The van der Waals surface area contributed by atoms with Crippen molar-refractivity contribution in [1.29, 1.82) is 0 Å². The molecule has 1 saturated heterocycles. The summed E-state index contributed by atoms with van der Waals surface area (Å²) in [5, 5.41) is 1.73. The summed E-state index contributed by atoms with van der Waals surface area (Å²) in [6, 6.07) is -0.224. The Balaban J connectivity index is 1.65. The van der Waals surface area contributed by atoms with Crippen LogP contribution in [-0.4, -0.2) is 35.3 Å². The third kappa shape index (κ3) is 3.00. The number of nitrogens with one attached hydrogen (secondary N) is 1. The Kier molecular flexibility index (Phi) is 4.30. The molecule has 1 aromatic carbocycles. The standard InChI is InChI=1S/C18H18ClF4N3O2/c19-12-10(20)2-1-9(13(12)21)14(26-5-11(15(24)27)25-16(26)28)8-3-17(4-8)6-18(22,23)7-17/h1-2,8,11,14H,3-7H2,(H2,24,27)(H,25,28)/t11?,14-/m1/s1. The van der Waals surface area contributed by atoms with Crippen LogP contribution in [0.25, 0.3) is 0 Å². The summed E-state index contributed by atoms with van der Waals surface area (Å²) in [4.78, 5) is 25.1. The quantitative estimate of drug-likeness (QED) is 0.580. The lowest BCUT2D eigenvalue weighted by Gasteiger charge is -2.59. The number of alkyl halides is 2. The summed E-state index contributed by atoms with van der Waals surface area (Å²) < 4.78 is 55.0. The maximum atomic E-state index is 14.7. The van der Waals surface area contributed by atoms with Gasteiger partial charge in [-0.3, -0.25) is 4.79 Å². The molecule has 10 heteroatoms. The number of urea groups is 1. The Morgan fingerprint density at radius 2 is 1.93 bits per heavy atom. The van der Waals surface area contributed by atoms with Crippen LogP contribution in [0.4, 0.5) is 22.4 Å². The molecule has 2 atom stereocenters. The average Bonchev–Trinajstić information content (AvgIpc) is 2.93. The third-order valence-corrected chi connectivity index (χ3v) is 6.45. The van der Waals surface area contributed by atoms with Crippen molar-refractivity contribution in [3.8, 4) is 0 Å². The lowest BCUT2D eigenvalue weighted by Crippen LogP contribution is -2.56. The molecule has 4 rings (SSSR count). The number of carbonyl (C=O) groups is 2. The van der Waals surface area contributed by atoms with E-state index in [0.29, 0.717) is 12.8 Å². The van der Waals surface area contributed by atoms with E-state index in [-0.39, 0.29) is 30.9 Å². The van der Waals surface area contributed by atoms with Gasteiger partial charge in [-0.25, -0.2) is 22.4 Å². The third-order valence-electron chi connectivity index (χ3n) is 6.10. The Hall–Kier alpha value is -2.03. The summed E-state index contributed by atoms with van der Waals surface area (Å²) >= 11 is 5.70. The van der Waals surface area contributed by atoms with E-state index >= 15 is 0 Å². The predicted octanol–water partition coefficient (Wildman–Crippen LogP) is 3.36. The van der Waals surface area contributed by atoms with Gasteiger partial charge in [0.05, 0.1) is 12.6 Å². The van der Waals surface area contributed by atoms with Gasteiger partial charge in [0, 0.05) is 18.4 Å². The van der Waals surface area contributed by atoms with Crippen molar-refractivity contribution in [2.75, 3.05) is 6.54 Å². The van der Waals surface area contributed by atoms with Crippen LogP contribution in [0.5, 0.6) is 0 Å². The normalized spacial score (nSPS) is 26.5. The van der Waals surface area contributed by atoms with Crippen molar-refractivity contribution in [3.05, 3.63) is 34.4 Å². The van der Waals surface area contributed by atoms with Gasteiger partial charge in [0.25, 0.3) is 0 Å². The minimum atomic E-state index is -2.69. The summed E-state index contributed by atoms with van der Waals surface area (Å²) in [5.74, 6) is -5.68. The first-order chi connectivity index (χ1) is 13.0. The zero-order valence-corrected chi connectivity index (χ0v) is 15.4. The molecule has 5 nitrogen and oxygen atoms in total. The van der Waals surface area contributed by atoms with Gasteiger partial charge < -0.3 is 16.0 Å². The van der Waals surface area contributed by atoms with Crippen molar-refractivity contribution >= 4 is 23.5 Å². The molecule has 1 unspecified atom stereocenters. The molecular formula is C18H18ClF4N3O2. The first kappa shape index (κ1) is 19.3. The molecule has 3 fully saturated rings. The van der Waals surface area contributed by atoms with Crippen LogP contribution in [0.2, 0.25) is 5.02 Å². The van der Waals surface area contributed by atoms with Gasteiger partial charge in [-0.05, 0) is 30.2 Å². The minimum absolute atomic E-state index is 0.00222. The van der Waals surface area contributed by atoms with Gasteiger partial charge in [-0.2, -0.15) is 0 Å². The van der Waals surface area contributed by atoms with Crippen molar-refractivity contribution in [3.63, 3.8) is 0 Å². The first-order valence-corrected chi connectivity index (χ1v) is 9.27. The Morgan fingerprint density at radius 1 is 1.29 bits per heavy atom. The summed E-state index contributed by atoms with van der Waals surface area (Å²) in [7, 11) is 0. The highest BCUT2D eigenvalue weighted by Crippen LogP contribution is 2.67. The Labute approximate surface area is 163 Å². The van der Waals surface area contributed by atoms with E-state index in [1.165, 1.54) is 11.0 Å². The van der Waals surface area contributed by atoms with Crippen LogP contribution in [0, 0.1) is 23.0 Å². The molecule has 2 saturated carbocycles. The molecular weight excluding hydrogens is 402 g/mol. The molecule has 1 spiro atoms. The number of carbonyl (C=O) groups excluding carboxylic acids is 2. The molecule has 1 aromatic rings. The number of nitrogens with zero attached hydrogens (tertiary/aromatic N) is 1. The highest BCUT2D eigenvalue weighted by atomic mass is 35.5. The molecule has 1 heterocycles. The molecule has 3 amide bonds. The van der Waals surface area contributed by atoms with Gasteiger partial charge in [-0.15, -0.1) is 0 Å². The van der Waals surface area contributed by atoms with Crippen molar-refractivity contribution < 1.29 is 27.2 Å². The first-order valence-electron chi connectivity index (χ1n) is 8.90. The van der Waals surface area contributed by atoms with Gasteiger partial charge in [0.2, 0.25) is 11.8 Å². The largest absolute Gasteiger partial charge is 0.368 e. The fourth-order valence-electron chi connectivity index (χ4n) is 5.01. The van der Waals surface area contributed by atoms with E-state index in [2.05, 4.69) is 5.32 Å². The number of halogens is 5. The smallest absolute Gasteiger partial charge is 0.318 e. The monoisotopic (exact) mass is 419 g/mol. The highest BCUT2D eigenvalue weighted by molar-refractivity contribution is 6.31. The number of primary amides is 1. The number of hydrogen-bond acceptors (Lipinski definition) is 2. The summed E-state index contributed by atoms with van der Waals surface area (Å²) in [5.41, 5.74) is 4.74. The second-order valence-corrected chi connectivity index (χ2v) is 8.52. The van der Waals surface area contributed by atoms with Crippen LogP contribution < -0.4 is 11.1 Å². The van der Waals surface area contributed by atoms with E-state index in [1.54, 1.807) is 0 Å². The fourth-order valence-corrected chi connectivity index (χ4v) is 5.19. The lowest BCUT2D eigenvalue weighted by atomic mass is 9.48. The Morgan fingerprint density at radius 3 is 2.46 bits per heavy atom. The van der Waals surface area contributed by atoms with Crippen molar-refractivity contribution in [1.82, 2.24) is 10.2 Å². The van der Waals surface area contributed by atoms with Gasteiger partial charge in [0.15, 0.2) is 0 Å². The van der Waals surface area contributed by atoms with E-state index < -0.39 is 52.0 Å². The zero-order chi connectivity index (χ0) is 20.4. The molecule has 152 valence electrons. The maximum absolute atomic E-state index is 14.7. The van der Waals surface area contributed by atoms with Gasteiger partial charge >= 0.3 is 6.03 Å². The molecule has 3 aliphatic rings. The fraction of sp³-hybridized carbons (Fsp3) is 0.556. The Bertz CT molecular complexity index is 849. The number of amides is 3. The molecule has 0 bridgehead atoms. The van der Waals surface area contributed by atoms with Crippen molar-refractivity contribution in [2.24, 2.45) is 17.1 Å². The molecule has 0 radical (unpaired) electrons. The van der Waals surface area contributed by atoms with Crippen molar-refractivity contribution in [2.45, 2.75) is 43.7 Å². The number of benzene rings is 1. The summed E-state index contributed by atoms with van der Waals surface area (Å²) in [6.45, 7) is -0.0903. The van der Waals surface area contributed by atoms with Crippen LogP contribution >= 0.6 is 11.6 Å². The average molecular weight is 420 g/mol. The van der Waals surface area contributed by atoms with E-state index in [4.69, 9.17) is 17.3 Å². The summed E-state index contributed by atoms with van der Waals surface area (Å²) in [6.07, 6.45) is 0.303. The molecule has 0 aromatic heterocycles. The second-order valence-electron chi connectivity index (χ2n) is 8.14. The van der Waals surface area contributed by atoms with E-state index in [9.17, 15) is 27.2 Å². The molecule has 2 aliphatic carbocycles. The van der Waals surface area contributed by atoms with E-state index in [1.807, 2.05) is 0 Å². The number of rotatable bonds is 4. The topological polar surface area (TPSA) is 75.4 Å². The number of hydrogen-bond donors (Lipinski definition) is 2. The second kappa shape index (κ2) is 6.23. The predicted molar refractivity (Wildman–Crippen MR) is 91.7 cm³/mol. The van der Waals surface area contributed by atoms with Crippen LogP contribution in [-0.2, 0) is 4.79 Å². The zero-order valence-electron chi connectivity index (χ0n) is 14.7. The van der Waals surface area contributed by atoms with Crippen LogP contribution in [0.15, 0.2) is 12.1 Å². The lowest BCUT2D eigenvalue weighted by molar-refractivity contribution is -0.213. The van der Waals surface area contributed by atoms with Gasteiger partial charge in [0.1, 0.15) is 22.7 Å². The number of nitrogens with two attached hydrogens (primary N) is 1. The molecule has 3 N–H and O–H groups in total. The van der Waals surface area contributed by atoms with E-state index in [0.717, 1.165) is 6.07 Å². The molecule has 28 heavy (non-hydrogen) atoms. The van der Waals surface area contributed by atoms with Crippen LogP contribution in [0.3, 0.4) is 0 Å². The molecule has 1 aliphatic heterocycles. The SMILES string of the molecule is NC(=O)C1CN([C@@H](c2ccc(F)c(Cl)c2F)C2CC3(C2)CC(F)(F)C3)C(=O)N1. The van der Waals surface area contributed by atoms with Crippen LogP contribution in [0.1, 0.15) is 37.3 Å². The maximum Gasteiger partial charge on any atom is 0.318 e. The highest BCUT2D eigenvalue weighted by Gasteiger charge is 2.63. The minimum Gasteiger partial charge on any atom is -0.368 e. The van der Waals surface area contributed by atoms with Gasteiger partial charge in [-0.1, -0.05) is 17.7 Å².